The monoisotopic (exact) mass is 449 g/mol. The molecule has 168 valence electrons. The van der Waals surface area contributed by atoms with Crippen molar-refractivity contribution in [2.75, 3.05) is 0 Å². The molecule has 0 saturated heterocycles. The predicted octanol–water partition coefficient (Wildman–Crippen LogP) is 9.56. The molecule has 0 amide bonds. The van der Waals surface area contributed by atoms with Crippen LogP contribution in [0, 0.1) is 0 Å². The summed E-state index contributed by atoms with van der Waals surface area (Å²) in [6.07, 6.45) is 0. The molecule has 1 nitrogen and oxygen atoms in total. The lowest BCUT2D eigenvalue weighted by atomic mass is 9.86. The molecule has 0 aliphatic rings. The third-order valence-corrected chi connectivity index (χ3v) is 7.52. The van der Waals surface area contributed by atoms with Gasteiger partial charge in [0.05, 0.1) is 16.6 Å². The van der Waals surface area contributed by atoms with Crippen molar-refractivity contribution in [2.45, 2.75) is 26.2 Å². The highest BCUT2D eigenvalue weighted by molar-refractivity contribution is 6.25. The second kappa shape index (κ2) is 7.20. The van der Waals surface area contributed by atoms with Gasteiger partial charge in [0.2, 0.25) is 0 Å². The summed E-state index contributed by atoms with van der Waals surface area (Å²) >= 11 is 0. The van der Waals surface area contributed by atoms with E-state index in [-0.39, 0.29) is 5.41 Å². The minimum absolute atomic E-state index is 0.0924. The summed E-state index contributed by atoms with van der Waals surface area (Å²) in [6, 6.07) is 40.4. The Hall–Kier alpha value is -4.10. The first-order valence-corrected chi connectivity index (χ1v) is 12.4. The number of hydrogen-bond donors (Lipinski definition) is 0. The van der Waals surface area contributed by atoms with Crippen LogP contribution in [0.4, 0.5) is 0 Å². The van der Waals surface area contributed by atoms with E-state index in [2.05, 4.69) is 134 Å². The first kappa shape index (κ1) is 20.3. The van der Waals surface area contributed by atoms with Crippen LogP contribution in [0.2, 0.25) is 0 Å². The van der Waals surface area contributed by atoms with Crippen LogP contribution in [-0.2, 0) is 5.41 Å². The Balaban J connectivity index is 1.93. The van der Waals surface area contributed by atoms with Crippen LogP contribution < -0.4 is 0 Å². The van der Waals surface area contributed by atoms with Crippen molar-refractivity contribution in [2.24, 2.45) is 0 Å². The molecule has 35 heavy (non-hydrogen) atoms. The van der Waals surface area contributed by atoms with Crippen molar-refractivity contribution in [1.29, 1.82) is 0 Å². The van der Waals surface area contributed by atoms with Gasteiger partial charge in [-0.25, -0.2) is 0 Å². The molecule has 0 bridgehead atoms. The molecular formula is C34H27N. The van der Waals surface area contributed by atoms with Gasteiger partial charge in [-0.15, -0.1) is 0 Å². The molecule has 0 spiro atoms. The number of benzene rings is 5. The van der Waals surface area contributed by atoms with Crippen LogP contribution in [0.15, 0.2) is 109 Å². The number of rotatable bonds is 0. The van der Waals surface area contributed by atoms with E-state index in [1.54, 1.807) is 0 Å². The maximum absolute atomic E-state index is 2.50. The lowest BCUT2D eigenvalue weighted by molar-refractivity contribution is 0.591. The summed E-state index contributed by atoms with van der Waals surface area (Å²) in [6.45, 7) is 6.87. The molecule has 7 rings (SSSR count). The summed E-state index contributed by atoms with van der Waals surface area (Å²) in [5.74, 6) is 0. The summed E-state index contributed by atoms with van der Waals surface area (Å²) in [5.41, 5.74) is 5.21. The lowest BCUT2D eigenvalue weighted by Crippen LogP contribution is -2.10. The van der Waals surface area contributed by atoms with Crippen LogP contribution in [0.1, 0.15) is 26.3 Å². The molecule has 2 aromatic heterocycles. The van der Waals surface area contributed by atoms with Crippen molar-refractivity contribution in [3.05, 3.63) is 115 Å². The minimum Gasteiger partial charge on any atom is -0.308 e. The van der Waals surface area contributed by atoms with Gasteiger partial charge < -0.3 is 4.40 Å². The van der Waals surface area contributed by atoms with Crippen molar-refractivity contribution < 1.29 is 0 Å². The molecule has 0 saturated carbocycles. The fraction of sp³-hybridized carbons (Fsp3) is 0.118. The van der Waals surface area contributed by atoms with E-state index in [1.165, 1.54) is 65.2 Å². The third-order valence-electron chi connectivity index (χ3n) is 7.52. The Morgan fingerprint density at radius 2 is 0.886 bits per heavy atom. The van der Waals surface area contributed by atoms with Crippen LogP contribution in [0.25, 0.3) is 59.6 Å². The molecule has 2 heterocycles. The van der Waals surface area contributed by atoms with Gasteiger partial charge in [-0.05, 0) is 50.7 Å². The Labute approximate surface area is 204 Å². The van der Waals surface area contributed by atoms with Gasteiger partial charge in [0, 0.05) is 21.5 Å². The minimum atomic E-state index is 0.0924. The van der Waals surface area contributed by atoms with Gasteiger partial charge in [0.25, 0.3) is 0 Å². The summed E-state index contributed by atoms with van der Waals surface area (Å²) in [5, 5.41) is 10.3. The van der Waals surface area contributed by atoms with E-state index in [9.17, 15) is 0 Å². The number of aromatic nitrogens is 1. The van der Waals surface area contributed by atoms with Gasteiger partial charge in [-0.1, -0.05) is 112 Å². The Morgan fingerprint density at radius 1 is 0.429 bits per heavy atom. The van der Waals surface area contributed by atoms with E-state index in [1.807, 2.05) is 0 Å². The zero-order valence-electron chi connectivity index (χ0n) is 20.3. The summed E-state index contributed by atoms with van der Waals surface area (Å²) in [7, 11) is 0. The van der Waals surface area contributed by atoms with Crippen molar-refractivity contribution in [3.63, 3.8) is 0 Å². The summed E-state index contributed by atoms with van der Waals surface area (Å²) < 4.78 is 2.50. The quantitative estimate of drug-likeness (QED) is 0.217. The van der Waals surface area contributed by atoms with Crippen LogP contribution >= 0.6 is 0 Å². The second-order valence-corrected chi connectivity index (χ2v) is 10.6. The number of hydrogen-bond acceptors (Lipinski definition) is 0. The maximum Gasteiger partial charge on any atom is 0.0619 e. The van der Waals surface area contributed by atoms with Crippen molar-refractivity contribution >= 4 is 59.6 Å². The SMILES string of the molecule is CC(C)(C)c1ccc2c(c1)c1cccc3c4ccccc4c4ccccc4c4ccccc4n2c31. The van der Waals surface area contributed by atoms with Crippen molar-refractivity contribution in [3.8, 4) is 0 Å². The molecule has 1 heteroatoms. The fourth-order valence-corrected chi connectivity index (χ4v) is 5.81. The van der Waals surface area contributed by atoms with E-state index < -0.39 is 0 Å². The average Bonchev–Trinajstić information content (AvgIpc) is 3.23. The first-order chi connectivity index (χ1) is 17.0. The van der Waals surface area contributed by atoms with Crippen LogP contribution in [0.5, 0.6) is 0 Å². The average molecular weight is 450 g/mol. The van der Waals surface area contributed by atoms with Gasteiger partial charge in [0.1, 0.15) is 0 Å². The topological polar surface area (TPSA) is 4.41 Å². The largest absolute Gasteiger partial charge is 0.308 e. The molecule has 0 aliphatic heterocycles. The molecule has 7 aromatic rings. The smallest absolute Gasteiger partial charge is 0.0619 e. The van der Waals surface area contributed by atoms with Gasteiger partial charge in [0.15, 0.2) is 0 Å². The number of para-hydroxylation sites is 2. The predicted molar refractivity (Wildman–Crippen MR) is 152 cm³/mol. The zero-order valence-corrected chi connectivity index (χ0v) is 20.3. The lowest BCUT2D eigenvalue weighted by Gasteiger charge is -2.19. The molecule has 0 aliphatic carbocycles. The van der Waals surface area contributed by atoms with Crippen molar-refractivity contribution in [1.82, 2.24) is 4.40 Å². The Kier molecular flexibility index (Phi) is 4.17. The highest BCUT2D eigenvalue weighted by Gasteiger charge is 2.18. The number of fused-ring (bicyclic) bond motifs is 10. The van der Waals surface area contributed by atoms with Gasteiger partial charge >= 0.3 is 0 Å². The Bertz CT molecular complexity index is 1980. The summed E-state index contributed by atoms with van der Waals surface area (Å²) in [4.78, 5) is 0. The normalized spacial score (nSPS) is 12.4. The molecule has 0 N–H and O–H groups in total. The molecule has 0 fully saturated rings. The third kappa shape index (κ3) is 2.88. The zero-order chi connectivity index (χ0) is 23.7. The molecular weight excluding hydrogens is 422 g/mol. The van der Waals surface area contributed by atoms with Gasteiger partial charge in [-0.2, -0.15) is 0 Å². The first-order valence-electron chi connectivity index (χ1n) is 12.4. The highest BCUT2D eigenvalue weighted by atomic mass is 14.9. The Morgan fingerprint density at radius 3 is 1.51 bits per heavy atom. The van der Waals surface area contributed by atoms with Crippen LogP contribution in [-0.4, -0.2) is 4.40 Å². The molecule has 0 atom stereocenters. The van der Waals surface area contributed by atoms with E-state index in [0.29, 0.717) is 0 Å². The van der Waals surface area contributed by atoms with Gasteiger partial charge in [-0.3, -0.25) is 0 Å². The van der Waals surface area contributed by atoms with E-state index >= 15 is 0 Å². The standard InChI is InChI=1S/C34H27N/c1-34(2,3)22-19-20-32-30(21-22)29-17-10-16-28-26-14-7-5-12-24(26)23-11-4-6-13-25(23)27-15-8-9-18-31(27)35(32)33(28)29/h4-21H,1-3H3. The maximum atomic E-state index is 2.50. The van der Waals surface area contributed by atoms with E-state index in [0.717, 1.165) is 0 Å². The second-order valence-electron chi connectivity index (χ2n) is 10.6. The van der Waals surface area contributed by atoms with E-state index in [4.69, 9.17) is 0 Å². The molecule has 0 radical (unpaired) electrons. The highest BCUT2D eigenvalue weighted by Crippen LogP contribution is 2.39. The number of nitrogens with zero attached hydrogens (tertiary/aromatic N) is 1. The molecule has 5 aromatic carbocycles. The fourth-order valence-electron chi connectivity index (χ4n) is 5.81. The molecule has 0 unspecified atom stereocenters. The van der Waals surface area contributed by atoms with Crippen LogP contribution in [0.3, 0.4) is 0 Å².